The number of carbonyl (C=O) groups excluding carboxylic acids is 2. The lowest BCUT2D eigenvalue weighted by molar-refractivity contribution is -0.160. The Kier molecular flexibility index (Phi) is 5.67. The van der Waals surface area contributed by atoms with Crippen molar-refractivity contribution in [2.45, 2.75) is 82.8 Å². The van der Waals surface area contributed by atoms with Gasteiger partial charge in [0.25, 0.3) is 5.91 Å². The number of benzene rings is 1. The van der Waals surface area contributed by atoms with Gasteiger partial charge in [-0.05, 0) is 81.4 Å². The first-order chi connectivity index (χ1) is 13.9. The zero-order valence-electron chi connectivity index (χ0n) is 17.5. The summed E-state index contributed by atoms with van der Waals surface area (Å²) < 4.78 is 19.4. The van der Waals surface area contributed by atoms with Gasteiger partial charge >= 0.3 is 5.97 Å². The van der Waals surface area contributed by atoms with Crippen LogP contribution in [-0.2, 0) is 19.7 Å². The highest BCUT2D eigenvalue weighted by molar-refractivity contribution is 5.88. The third-order valence-electron chi connectivity index (χ3n) is 7.68. The molecule has 1 aromatic carbocycles. The van der Waals surface area contributed by atoms with Crippen molar-refractivity contribution in [3.63, 3.8) is 0 Å². The van der Waals surface area contributed by atoms with Crippen LogP contribution >= 0.6 is 0 Å². The van der Waals surface area contributed by atoms with Crippen molar-refractivity contribution in [2.24, 2.45) is 17.8 Å². The second-order valence-corrected chi connectivity index (χ2v) is 9.48. The standard InChI is InChI=1S/C24H32FNO3/c1-15(21-13-17-8-9-18(21)12-17)26-22(27)16(2)29-23(28)24(10-3-4-11-24)19-6-5-7-20(25)14-19/h5-7,14-18,21H,3-4,8-13H2,1-2H3,(H,26,27)/t15-,16-,17+,18+,21-/m0/s1. The van der Waals surface area contributed by atoms with Gasteiger partial charge in [0.2, 0.25) is 0 Å². The predicted molar refractivity (Wildman–Crippen MR) is 109 cm³/mol. The Morgan fingerprint density at radius 1 is 1.17 bits per heavy atom. The summed E-state index contributed by atoms with van der Waals surface area (Å²) in [6.07, 6.45) is 7.30. The Hall–Kier alpha value is -1.91. The molecule has 158 valence electrons. The summed E-state index contributed by atoms with van der Waals surface area (Å²) in [6.45, 7) is 3.71. The van der Waals surface area contributed by atoms with Gasteiger partial charge in [0, 0.05) is 6.04 Å². The quantitative estimate of drug-likeness (QED) is 0.714. The van der Waals surface area contributed by atoms with Crippen LogP contribution in [0.25, 0.3) is 0 Å². The molecule has 3 aliphatic carbocycles. The van der Waals surface area contributed by atoms with Crippen molar-refractivity contribution >= 4 is 11.9 Å². The van der Waals surface area contributed by atoms with Crippen LogP contribution in [0.4, 0.5) is 4.39 Å². The molecule has 3 saturated carbocycles. The normalized spacial score (nSPS) is 29.4. The monoisotopic (exact) mass is 401 g/mol. The number of fused-ring (bicyclic) bond motifs is 2. The molecule has 3 aliphatic rings. The number of halogens is 1. The fourth-order valence-electron chi connectivity index (χ4n) is 6.06. The highest BCUT2D eigenvalue weighted by Gasteiger charge is 2.46. The number of esters is 1. The predicted octanol–water partition coefficient (Wildman–Crippen LogP) is 4.51. The van der Waals surface area contributed by atoms with Crippen molar-refractivity contribution in [1.29, 1.82) is 0 Å². The first kappa shape index (κ1) is 20.4. The van der Waals surface area contributed by atoms with E-state index in [0.717, 1.165) is 24.7 Å². The van der Waals surface area contributed by atoms with Crippen molar-refractivity contribution < 1.29 is 18.7 Å². The molecule has 0 aromatic heterocycles. The van der Waals surface area contributed by atoms with E-state index in [9.17, 15) is 14.0 Å². The fourth-order valence-corrected chi connectivity index (χ4v) is 6.06. The Labute approximate surface area is 172 Å². The zero-order chi connectivity index (χ0) is 20.6. The first-order valence-electron chi connectivity index (χ1n) is 11.2. The Bertz CT molecular complexity index is 773. The number of amides is 1. The van der Waals surface area contributed by atoms with Crippen LogP contribution < -0.4 is 5.32 Å². The van der Waals surface area contributed by atoms with Crippen molar-refractivity contribution in [2.75, 3.05) is 0 Å². The molecule has 29 heavy (non-hydrogen) atoms. The van der Waals surface area contributed by atoms with Crippen LogP contribution in [0.2, 0.25) is 0 Å². The molecule has 0 aliphatic heterocycles. The molecule has 0 radical (unpaired) electrons. The summed E-state index contributed by atoms with van der Waals surface area (Å²) >= 11 is 0. The molecule has 0 saturated heterocycles. The van der Waals surface area contributed by atoms with E-state index in [1.54, 1.807) is 19.1 Å². The molecule has 1 amide bonds. The number of hydrogen-bond acceptors (Lipinski definition) is 3. The molecule has 0 unspecified atom stereocenters. The van der Waals surface area contributed by atoms with E-state index >= 15 is 0 Å². The molecule has 3 fully saturated rings. The number of nitrogens with one attached hydrogen (secondary N) is 1. The van der Waals surface area contributed by atoms with Gasteiger partial charge in [0.1, 0.15) is 5.82 Å². The minimum atomic E-state index is -0.852. The van der Waals surface area contributed by atoms with Crippen LogP contribution in [0.3, 0.4) is 0 Å². The SMILES string of the molecule is C[C@H](OC(=O)C1(c2cccc(F)c2)CCCC1)C(=O)N[C@@H](C)[C@@H]1C[C@@H]2CC[C@@H]1C2. The largest absolute Gasteiger partial charge is 0.452 e. The maximum atomic E-state index is 13.8. The summed E-state index contributed by atoms with van der Waals surface area (Å²) in [5, 5.41) is 3.09. The van der Waals surface area contributed by atoms with Crippen molar-refractivity contribution in [1.82, 2.24) is 5.32 Å². The molecular formula is C24H32FNO3. The van der Waals surface area contributed by atoms with Gasteiger partial charge in [0.05, 0.1) is 5.41 Å². The maximum Gasteiger partial charge on any atom is 0.317 e. The lowest BCUT2D eigenvalue weighted by atomic mass is 9.79. The van der Waals surface area contributed by atoms with E-state index in [4.69, 9.17) is 4.74 Å². The van der Waals surface area contributed by atoms with E-state index in [2.05, 4.69) is 12.2 Å². The number of hydrogen-bond donors (Lipinski definition) is 1. The molecule has 1 N–H and O–H groups in total. The van der Waals surface area contributed by atoms with Gasteiger partial charge < -0.3 is 10.1 Å². The molecular weight excluding hydrogens is 369 g/mol. The van der Waals surface area contributed by atoms with E-state index in [1.807, 2.05) is 0 Å². The second kappa shape index (κ2) is 8.08. The highest BCUT2D eigenvalue weighted by atomic mass is 19.1. The summed E-state index contributed by atoms with van der Waals surface area (Å²) in [6, 6.07) is 6.32. The molecule has 5 heteroatoms. The molecule has 1 aromatic rings. The lowest BCUT2D eigenvalue weighted by Gasteiger charge is -2.31. The lowest BCUT2D eigenvalue weighted by Crippen LogP contribution is -2.46. The third kappa shape index (κ3) is 3.93. The van der Waals surface area contributed by atoms with Crippen LogP contribution in [0, 0.1) is 23.6 Å². The topological polar surface area (TPSA) is 55.4 Å². The fraction of sp³-hybridized carbons (Fsp3) is 0.667. The smallest absolute Gasteiger partial charge is 0.317 e. The van der Waals surface area contributed by atoms with Crippen LogP contribution in [0.5, 0.6) is 0 Å². The van der Waals surface area contributed by atoms with Gasteiger partial charge in [-0.25, -0.2) is 4.39 Å². The zero-order valence-corrected chi connectivity index (χ0v) is 17.5. The van der Waals surface area contributed by atoms with Crippen LogP contribution in [0.1, 0.15) is 70.8 Å². The van der Waals surface area contributed by atoms with E-state index in [-0.39, 0.29) is 17.8 Å². The minimum absolute atomic E-state index is 0.0996. The van der Waals surface area contributed by atoms with Crippen LogP contribution in [-0.4, -0.2) is 24.0 Å². The van der Waals surface area contributed by atoms with E-state index in [1.165, 1.54) is 37.8 Å². The van der Waals surface area contributed by atoms with Crippen molar-refractivity contribution in [3.8, 4) is 0 Å². The van der Waals surface area contributed by atoms with Gasteiger partial charge in [-0.3, -0.25) is 9.59 Å². The highest BCUT2D eigenvalue weighted by Crippen LogP contribution is 2.49. The summed E-state index contributed by atoms with van der Waals surface area (Å²) in [5.41, 5.74) is -0.185. The number of rotatable bonds is 6. The Morgan fingerprint density at radius 2 is 1.93 bits per heavy atom. The molecule has 4 rings (SSSR count). The summed E-state index contributed by atoms with van der Waals surface area (Å²) in [4.78, 5) is 25.8. The van der Waals surface area contributed by atoms with Crippen LogP contribution in [0.15, 0.2) is 24.3 Å². The average molecular weight is 402 g/mol. The maximum absolute atomic E-state index is 13.8. The molecule has 5 atom stereocenters. The minimum Gasteiger partial charge on any atom is -0.452 e. The van der Waals surface area contributed by atoms with Gasteiger partial charge in [-0.2, -0.15) is 0 Å². The molecule has 4 nitrogen and oxygen atoms in total. The molecule has 0 spiro atoms. The molecule has 2 bridgehead atoms. The Morgan fingerprint density at radius 3 is 2.55 bits per heavy atom. The van der Waals surface area contributed by atoms with Gasteiger partial charge in [0.15, 0.2) is 6.10 Å². The van der Waals surface area contributed by atoms with E-state index in [0.29, 0.717) is 24.3 Å². The summed E-state index contributed by atoms with van der Waals surface area (Å²) in [5.74, 6) is 1.09. The number of ether oxygens (including phenoxy) is 1. The first-order valence-corrected chi connectivity index (χ1v) is 11.2. The summed E-state index contributed by atoms with van der Waals surface area (Å²) in [7, 11) is 0. The second-order valence-electron chi connectivity index (χ2n) is 9.48. The Balaban J connectivity index is 1.39. The van der Waals surface area contributed by atoms with Gasteiger partial charge in [-0.15, -0.1) is 0 Å². The average Bonchev–Trinajstić information content (AvgIpc) is 3.44. The number of carbonyl (C=O) groups is 2. The van der Waals surface area contributed by atoms with Crippen molar-refractivity contribution in [3.05, 3.63) is 35.6 Å². The van der Waals surface area contributed by atoms with E-state index < -0.39 is 17.5 Å². The third-order valence-corrected chi connectivity index (χ3v) is 7.68. The molecule has 0 heterocycles. The van der Waals surface area contributed by atoms with Gasteiger partial charge in [-0.1, -0.05) is 31.4 Å².